The normalized spacial score (nSPS) is 10.4. The van der Waals surface area contributed by atoms with Gasteiger partial charge in [0.2, 0.25) is 5.91 Å². The van der Waals surface area contributed by atoms with Crippen molar-refractivity contribution in [1.82, 2.24) is 10.2 Å². The molecule has 1 N–H and O–H groups in total. The van der Waals surface area contributed by atoms with Crippen LogP contribution in [0.25, 0.3) is 11.3 Å². The van der Waals surface area contributed by atoms with Crippen LogP contribution in [0, 0.1) is 6.92 Å². The first kappa shape index (κ1) is 19.7. The Morgan fingerprint density at radius 1 is 1.00 bits per heavy atom. The largest absolute Gasteiger partial charge is 0.497 e. The summed E-state index contributed by atoms with van der Waals surface area (Å²) >= 11 is 1.32. The number of carbonyl (C=O) groups is 1. The van der Waals surface area contributed by atoms with Gasteiger partial charge in [0.25, 0.3) is 0 Å². The fourth-order valence-electron chi connectivity index (χ4n) is 2.50. The number of rotatable bonds is 7. The molecule has 1 amide bonds. The predicted octanol–water partition coefficient (Wildman–Crippen LogP) is 4.20. The minimum atomic E-state index is -0.155. The second kappa shape index (κ2) is 9.23. The molecule has 0 spiro atoms. The quantitative estimate of drug-likeness (QED) is 0.605. The molecule has 3 aromatic rings. The van der Waals surface area contributed by atoms with Crippen LogP contribution in [0.1, 0.15) is 5.56 Å². The van der Waals surface area contributed by atoms with Crippen molar-refractivity contribution in [3.8, 4) is 22.8 Å². The van der Waals surface area contributed by atoms with Crippen molar-refractivity contribution in [3.63, 3.8) is 0 Å². The Kier molecular flexibility index (Phi) is 6.49. The van der Waals surface area contributed by atoms with E-state index < -0.39 is 0 Å². The number of thioether (sulfide) groups is 1. The van der Waals surface area contributed by atoms with Crippen LogP contribution >= 0.6 is 11.8 Å². The number of carbonyl (C=O) groups excluding carboxylic acids is 1. The molecule has 0 saturated heterocycles. The molecule has 3 rings (SSSR count). The van der Waals surface area contributed by atoms with Crippen LogP contribution < -0.4 is 14.8 Å². The summed E-state index contributed by atoms with van der Waals surface area (Å²) in [6.45, 7) is 2.04. The summed E-state index contributed by atoms with van der Waals surface area (Å²) in [7, 11) is 3.12. The summed E-state index contributed by atoms with van der Waals surface area (Å²) in [5, 5.41) is 12.0. The molecule has 0 atom stereocenters. The molecule has 7 heteroatoms. The third-order valence-corrected chi connectivity index (χ3v) is 4.94. The number of methoxy groups -OCH3 is 2. The van der Waals surface area contributed by atoms with Crippen LogP contribution in [0.3, 0.4) is 0 Å². The lowest BCUT2D eigenvalue weighted by atomic mass is 10.1. The highest BCUT2D eigenvalue weighted by Gasteiger charge is 2.10. The molecular weight excluding hydrogens is 374 g/mol. The first-order chi connectivity index (χ1) is 13.6. The summed E-state index contributed by atoms with van der Waals surface area (Å²) in [6, 6.07) is 17.1. The summed E-state index contributed by atoms with van der Waals surface area (Å²) < 4.78 is 10.4. The zero-order valence-corrected chi connectivity index (χ0v) is 16.7. The molecule has 6 nitrogen and oxygen atoms in total. The Morgan fingerprint density at radius 3 is 2.43 bits per heavy atom. The molecule has 1 aromatic heterocycles. The smallest absolute Gasteiger partial charge is 0.234 e. The zero-order valence-electron chi connectivity index (χ0n) is 15.9. The van der Waals surface area contributed by atoms with Crippen molar-refractivity contribution in [3.05, 3.63) is 60.2 Å². The second-order valence-corrected chi connectivity index (χ2v) is 7.02. The topological polar surface area (TPSA) is 73.3 Å². The van der Waals surface area contributed by atoms with Gasteiger partial charge in [-0.2, -0.15) is 0 Å². The number of aromatic nitrogens is 2. The Bertz CT molecular complexity index is 944. The fourth-order valence-corrected chi connectivity index (χ4v) is 3.12. The van der Waals surface area contributed by atoms with Crippen LogP contribution in [0.5, 0.6) is 11.5 Å². The van der Waals surface area contributed by atoms with Crippen LogP contribution in [-0.4, -0.2) is 36.1 Å². The van der Waals surface area contributed by atoms with Gasteiger partial charge in [0.1, 0.15) is 16.5 Å². The van der Waals surface area contributed by atoms with Crippen molar-refractivity contribution in [2.24, 2.45) is 0 Å². The van der Waals surface area contributed by atoms with E-state index in [2.05, 4.69) is 15.5 Å². The Labute approximate surface area is 168 Å². The predicted molar refractivity (Wildman–Crippen MR) is 111 cm³/mol. The van der Waals surface area contributed by atoms with E-state index in [1.54, 1.807) is 32.4 Å². The van der Waals surface area contributed by atoms with Crippen molar-refractivity contribution in [2.45, 2.75) is 11.9 Å². The molecule has 0 aliphatic rings. The molecule has 0 unspecified atom stereocenters. The zero-order chi connectivity index (χ0) is 19.9. The Morgan fingerprint density at radius 2 is 1.79 bits per heavy atom. The summed E-state index contributed by atoms with van der Waals surface area (Å²) in [4.78, 5) is 12.3. The number of nitrogens with zero attached hydrogens (tertiary/aromatic N) is 2. The third-order valence-electron chi connectivity index (χ3n) is 4.02. The molecule has 0 saturated carbocycles. The highest BCUT2D eigenvalue weighted by molar-refractivity contribution is 7.99. The number of hydrogen-bond donors (Lipinski definition) is 1. The van der Waals surface area contributed by atoms with E-state index in [0.29, 0.717) is 22.2 Å². The average Bonchev–Trinajstić information content (AvgIpc) is 2.73. The van der Waals surface area contributed by atoms with Crippen molar-refractivity contribution in [2.75, 3.05) is 25.3 Å². The maximum atomic E-state index is 12.3. The van der Waals surface area contributed by atoms with Crippen LogP contribution in [0.15, 0.2) is 59.6 Å². The van der Waals surface area contributed by atoms with Gasteiger partial charge in [-0.15, -0.1) is 10.2 Å². The summed E-state index contributed by atoms with van der Waals surface area (Å²) in [6.07, 6.45) is 0. The Balaban J connectivity index is 1.58. The minimum Gasteiger partial charge on any atom is -0.497 e. The van der Waals surface area contributed by atoms with Crippen molar-refractivity contribution in [1.29, 1.82) is 0 Å². The number of aryl methyl sites for hydroxylation is 1. The monoisotopic (exact) mass is 395 g/mol. The lowest BCUT2D eigenvalue weighted by Crippen LogP contribution is -2.14. The molecule has 0 aliphatic carbocycles. The number of benzene rings is 2. The van der Waals surface area contributed by atoms with Crippen molar-refractivity contribution >= 4 is 23.4 Å². The maximum Gasteiger partial charge on any atom is 0.234 e. The van der Waals surface area contributed by atoms with Crippen LogP contribution in [0.2, 0.25) is 0 Å². The standard InChI is InChI=1S/C21H21N3O3S/c1-14-4-6-15(7-5-14)17-10-11-21(24-23-17)28-13-20(25)22-18-9-8-16(26-2)12-19(18)27-3/h4-12H,13H2,1-3H3,(H,22,25). The van der Waals surface area contributed by atoms with Gasteiger partial charge in [-0.05, 0) is 31.2 Å². The van der Waals surface area contributed by atoms with Gasteiger partial charge in [-0.25, -0.2) is 0 Å². The summed E-state index contributed by atoms with van der Waals surface area (Å²) in [5.41, 5.74) is 3.61. The number of hydrogen-bond acceptors (Lipinski definition) is 6. The SMILES string of the molecule is COc1ccc(NC(=O)CSc2ccc(-c3ccc(C)cc3)nn2)c(OC)c1. The third kappa shape index (κ3) is 5.01. The molecule has 2 aromatic carbocycles. The lowest BCUT2D eigenvalue weighted by molar-refractivity contribution is -0.113. The molecule has 28 heavy (non-hydrogen) atoms. The molecule has 1 heterocycles. The van der Waals surface area contributed by atoms with E-state index in [-0.39, 0.29) is 11.7 Å². The van der Waals surface area contributed by atoms with Gasteiger partial charge in [-0.1, -0.05) is 41.6 Å². The second-order valence-electron chi connectivity index (χ2n) is 6.03. The van der Waals surface area contributed by atoms with E-state index in [4.69, 9.17) is 9.47 Å². The number of anilines is 1. The van der Waals surface area contributed by atoms with Crippen LogP contribution in [0.4, 0.5) is 5.69 Å². The molecule has 0 radical (unpaired) electrons. The first-order valence-corrected chi connectivity index (χ1v) is 9.63. The van der Waals surface area contributed by atoms with E-state index in [0.717, 1.165) is 11.3 Å². The van der Waals surface area contributed by atoms with Gasteiger partial charge in [0.05, 0.1) is 31.4 Å². The Hall–Kier alpha value is -3.06. The molecule has 0 aliphatic heterocycles. The van der Waals surface area contributed by atoms with Gasteiger partial charge < -0.3 is 14.8 Å². The molecule has 0 bridgehead atoms. The van der Waals surface area contributed by atoms with E-state index >= 15 is 0 Å². The van der Waals surface area contributed by atoms with Gasteiger partial charge >= 0.3 is 0 Å². The maximum absolute atomic E-state index is 12.3. The van der Waals surface area contributed by atoms with Gasteiger partial charge in [0, 0.05) is 11.6 Å². The number of nitrogens with one attached hydrogen (secondary N) is 1. The van der Waals surface area contributed by atoms with E-state index in [9.17, 15) is 4.79 Å². The van der Waals surface area contributed by atoms with Crippen LogP contribution in [-0.2, 0) is 4.79 Å². The molecule has 144 valence electrons. The summed E-state index contributed by atoms with van der Waals surface area (Å²) in [5.74, 6) is 1.26. The lowest BCUT2D eigenvalue weighted by Gasteiger charge is -2.11. The van der Waals surface area contributed by atoms with Gasteiger partial charge in [0.15, 0.2) is 0 Å². The van der Waals surface area contributed by atoms with Gasteiger partial charge in [-0.3, -0.25) is 4.79 Å². The molecular formula is C21H21N3O3S. The van der Waals surface area contributed by atoms with E-state index in [1.165, 1.54) is 17.3 Å². The number of ether oxygens (including phenoxy) is 2. The average molecular weight is 395 g/mol. The van der Waals surface area contributed by atoms with E-state index in [1.807, 2.05) is 43.3 Å². The van der Waals surface area contributed by atoms with Crippen molar-refractivity contribution < 1.29 is 14.3 Å². The fraction of sp³-hybridized carbons (Fsp3) is 0.190. The number of amides is 1. The molecule has 0 fully saturated rings. The highest BCUT2D eigenvalue weighted by Crippen LogP contribution is 2.29. The first-order valence-electron chi connectivity index (χ1n) is 8.64. The highest BCUT2D eigenvalue weighted by atomic mass is 32.2. The minimum absolute atomic E-state index is 0.155.